The number of carbonyl (C=O) groups excluding carboxylic acids is 1. The molecule has 3 rings (SSSR count). The third kappa shape index (κ3) is 4.99. The lowest BCUT2D eigenvalue weighted by atomic mass is 10.2. The van der Waals surface area contributed by atoms with Crippen LogP contribution in [0.2, 0.25) is 0 Å². The minimum Gasteiger partial charge on any atom is -0.338 e. The third-order valence-corrected chi connectivity index (χ3v) is 7.46. The Labute approximate surface area is 164 Å². The maximum absolute atomic E-state index is 12.9. The Kier molecular flexibility index (Phi) is 6.37. The maximum atomic E-state index is 12.9. The highest BCUT2D eigenvalue weighted by molar-refractivity contribution is 8.00. The van der Waals surface area contributed by atoms with E-state index in [0.717, 1.165) is 28.8 Å². The number of benzene rings is 1. The largest absolute Gasteiger partial charge is 0.338 e. The van der Waals surface area contributed by atoms with Gasteiger partial charge in [-0.25, -0.2) is 18.4 Å². The van der Waals surface area contributed by atoms with Gasteiger partial charge in [0.05, 0.1) is 22.8 Å². The molecule has 1 amide bonds. The van der Waals surface area contributed by atoms with E-state index in [2.05, 4.69) is 16.9 Å². The highest BCUT2D eigenvalue weighted by Crippen LogP contribution is 2.26. The third-order valence-electron chi connectivity index (χ3n) is 4.73. The van der Waals surface area contributed by atoms with Gasteiger partial charge in [-0.1, -0.05) is 43.3 Å². The van der Waals surface area contributed by atoms with Gasteiger partial charge < -0.3 is 4.90 Å². The van der Waals surface area contributed by atoms with Crippen molar-refractivity contribution in [3.63, 3.8) is 0 Å². The van der Waals surface area contributed by atoms with E-state index in [1.54, 1.807) is 4.90 Å². The predicted molar refractivity (Wildman–Crippen MR) is 109 cm³/mol. The molecule has 0 saturated carbocycles. The fourth-order valence-corrected chi connectivity index (χ4v) is 6.02. The first-order chi connectivity index (χ1) is 12.9. The van der Waals surface area contributed by atoms with E-state index in [1.807, 2.05) is 31.2 Å². The van der Waals surface area contributed by atoms with Crippen LogP contribution in [-0.2, 0) is 14.6 Å². The zero-order valence-corrected chi connectivity index (χ0v) is 17.4. The fraction of sp³-hybridized carbons (Fsp3) is 0.526. The molecule has 6 nitrogen and oxygen atoms in total. The van der Waals surface area contributed by atoms with Crippen molar-refractivity contribution in [1.82, 2.24) is 14.9 Å². The Morgan fingerprint density at radius 3 is 2.78 bits per heavy atom. The number of para-hydroxylation sites is 1. The van der Waals surface area contributed by atoms with E-state index in [4.69, 9.17) is 0 Å². The standard InChI is InChI=1S/C19H25N3O3S2/c1-3-4-10-22(15-9-11-27(24,25)13-15)18(23)12-26-19-16-7-5-6-8-17(16)20-14(2)21-19/h5-8,15H,3-4,9-13H2,1-2H3/t15-/m1/s1. The van der Waals surface area contributed by atoms with Crippen LogP contribution >= 0.6 is 11.8 Å². The van der Waals surface area contributed by atoms with E-state index in [0.29, 0.717) is 18.8 Å². The number of amides is 1. The SMILES string of the molecule is CCCCN(C(=O)CSc1nc(C)nc2ccccc12)[C@@H]1CCS(=O)(=O)C1. The number of fused-ring (bicyclic) bond motifs is 1. The molecule has 1 aliphatic rings. The number of aryl methyl sites for hydroxylation is 1. The molecule has 2 aromatic rings. The van der Waals surface area contributed by atoms with Crippen LogP contribution in [0.15, 0.2) is 29.3 Å². The zero-order chi connectivity index (χ0) is 19.4. The normalized spacial score (nSPS) is 18.7. The molecular weight excluding hydrogens is 382 g/mol. The minimum absolute atomic E-state index is 0.0177. The van der Waals surface area contributed by atoms with Crippen LogP contribution in [0.5, 0.6) is 0 Å². The average molecular weight is 408 g/mol. The molecule has 1 aromatic heterocycles. The quantitative estimate of drug-likeness (QED) is 0.519. The second kappa shape index (κ2) is 8.56. The van der Waals surface area contributed by atoms with Gasteiger partial charge in [-0.05, 0) is 25.8 Å². The van der Waals surface area contributed by atoms with Gasteiger partial charge in [0.2, 0.25) is 5.91 Å². The molecule has 2 heterocycles. The molecule has 0 radical (unpaired) electrons. The second-order valence-corrected chi connectivity index (χ2v) is 10.1. The number of nitrogens with zero attached hydrogens (tertiary/aromatic N) is 3. The summed E-state index contributed by atoms with van der Waals surface area (Å²) in [7, 11) is -3.02. The number of carbonyl (C=O) groups is 1. The molecule has 0 aliphatic carbocycles. The Morgan fingerprint density at radius 1 is 1.30 bits per heavy atom. The molecule has 0 N–H and O–H groups in total. The van der Waals surface area contributed by atoms with E-state index in [1.165, 1.54) is 11.8 Å². The van der Waals surface area contributed by atoms with Crippen molar-refractivity contribution in [3.05, 3.63) is 30.1 Å². The smallest absolute Gasteiger partial charge is 0.233 e. The Balaban J connectivity index is 1.74. The minimum atomic E-state index is -3.02. The molecule has 1 atom stereocenters. The van der Waals surface area contributed by atoms with Crippen molar-refractivity contribution in [1.29, 1.82) is 0 Å². The van der Waals surface area contributed by atoms with Crippen molar-refractivity contribution in [2.24, 2.45) is 0 Å². The van der Waals surface area contributed by atoms with E-state index >= 15 is 0 Å². The van der Waals surface area contributed by atoms with Crippen LogP contribution < -0.4 is 0 Å². The lowest BCUT2D eigenvalue weighted by Gasteiger charge is -2.28. The first-order valence-electron chi connectivity index (χ1n) is 9.25. The van der Waals surface area contributed by atoms with Crippen molar-refractivity contribution in [2.75, 3.05) is 23.8 Å². The van der Waals surface area contributed by atoms with Crippen molar-refractivity contribution in [2.45, 2.75) is 44.2 Å². The van der Waals surface area contributed by atoms with Crippen molar-refractivity contribution >= 4 is 38.4 Å². The van der Waals surface area contributed by atoms with Crippen molar-refractivity contribution < 1.29 is 13.2 Å². The van der Waals surface area contributed by atoms with Crippen LogP contribution in [0.4, 0.5) is 0 Å². The van der Waals surface area contributed by atoms with Crippen LogP contribution in [-0.4, -0.2) is 59.0 Å². The molecule has 1 saturated heterocycles. The zero-order valence-electron chi connectivity index (χ0n) is 15.7. The summed E-state index contributed by atoms with van der Waals surface area (Å²) in [5.74, 6) is 1.17. The molecule has 1 aliphatic heterocycles. The van der Waals surface area contributed by atoms with Crippen LogP contribution in [0, 0.1) is 6.92 Å². The number of sulfone groups is 1. The van der Waals surface area contributed by atoms with E-state index in [-0.39, 0.29) is 29.2 Å². The summed E-state index contributed by atoms with van der Waals surface area (Å²) in [5, 5.41) is 1.73. The molecule has 0 unspecified atom stereocenters. The van der Waals surface area contributed by atoms with E-state index in [9.17, 15) is 13.2 Å². The highest BCUT2D eigenvalue weighted by Gasteiger charge is 2.34. The summed E-state index contributed by atoms with van der Waals surface area (Å²) in [5.41, 5.74) is 0.865. The number of hydrogen-bond acceptors (Lipinski definition) is 6. The Bertz CT molecular complexity index is 931. The Hall–Kier alpha value is -1.67. The van der Waals surface area contributed by atoms with Gasteiger partial charge in [-0.15, -0.1) is 0 Å². The molecule has 0 bridgehead atoms. The number of aromatic nitrogens is 2. The fourth-order valence-electron chi connectivity index (χ4n) is 3.34. The monoisotopic (exact) mass is 407 g/mol. The summed E-state index contributed by atoms with van der Waals surface area (Å²) < 4.78 is 23.7. The van der Waals surface area contributed by atoms with Crippen LogP contribution in [0.25, 0.3) is 10.9 Å². The van der Waals surface area contributed by atoms with Gasteiger partial charge >= 0.3 is 0 Å². The van der Waals surface area contributed by atoms with Gasteiger partial charge in [0, 0.05) is 18.0 Å². The first-order valence-corrected chi connectivity index (χ1v) is 12.1. The molecule has 8 heteroatoms. The summed E-state index contributed by atoms with van der Waals surface area (Å²) in [4.78, 5) is 23.6. The van der Waals surface area contributed by atoms with E-state index < -0.39 is 9.84 Å². The van der Waals surface area contributed by atoms with Crippen LogP contribution in [0.3, 0.4) is 0 Å². The van der Waals surface area contributed by atoms with Crippen molar-refractivity contribution in [3.8, 4) is 0 Å². The molecule has 0 spiro atoms. The average Bonchev–Trinajstić information content (AvgIpc) is 2.99. The lowest BCUT2D eigenvalue weighted by Crippen LogP contribution is -2.42. The Morgan fingerprint density at radius 2 is 2.07 bits per heavy atom. The summed E-state index contributed by atoms with van der Waals surface area (Å²) in [6.45, 7) is 4.52. The number of rotatable bonds is 7. The number of unbranched alkanes of at least 4 members (excludes halogenated alkanes) is 1. The van der Waals surface area contributed by atoms with Gasteiger partial charge in [0.15, 0.2) is 9.84 Å². The molecule has 1 aromatic carbocycles. The molecule has 27 heavy (non-hydrogen) atoms. The van der Waals surface area contributed by atoms with Gasteiger partial charge in [0.1, 0.15) is 10.9 Å². The summed E-state index contributed by atoms with van der Waals surface area (Å²) >= 11 is 1.40. The summed E-state index contributed by atoms with van der Waals surface area (Å²) in [6, 6.07) is 7.57. The number of thioether (sulfide) groups is 1. The highest BCUT2D eigenvalue weighted by atomic mass is 32.2. The van der Waals surface area contributed by atoms with Gasteiger partial charge in [-0.2, -0.15) is 0 Å². The first kappa shape index (κ1) is 20.1. The number of hydrogen-bond donors (Lipinski definition) is 0. The molecule has 1 fully saturated rings. The van der Waals surface area contributed by atoms with Crippen LogP contribution in [0.1, 0.15) is 32.0 Å². The topological polar surface area (TPSA) is 80.2 Å². The van der Waals surface area contributed by atoms with Gasteiger partial charge in [0.25, 0.3) is 0 Å². The maximum Gasteiger partial charge on any atom is 0.233 e. The lowest BCUT2D eigenvalue weighted by molar-refractivity contribution is -0.130. The second-order valence-electron chi connectivity index (χ2n) is 6.88. The predicted octanol–water partition coefficient (Wildman–Crippen LogP) is 2.85. The molecular formula is C19H25N3O3S2. The van der Waals surface area contributed by atoms with Gasteiger partial charge in [-0.3, -0.25) is 4.79 Å². The summed E-state index contributed by atoms with van der Waals surface area (Å²) in [6.07, 6.45) is 2.38. The molecule has 146 valence electrons.